The lowest BCUT2D eigenvalue weighted by Gasteiger charge is -2.28. The zero-order valence-corrected chi connectivity index (χ0v) is 15.1. The molecule has 2 N–H and O–H groups in total. The number of carbonyl (C=O) groups is 1. The Morgan fingerprint density at radius 2 is 2.00 bits per heavy atom. The molecule has 0 fully saturated rings. The van der Waals surface area contributed by atoms with Crippen molar-refractivity contribution in [1.29, 1.82) is 0 Å². The van der Waals surface area contributed by atoms with Crippen LogP contribution in [0.5, 0.6) is 0 Å². The average molecular weight is 416 g/mol. The molecule has 1 aromatic heterocycles. The number of fused-ring (bicyclic) bond motifs is 1. The van der Waals surface area contributed by atoms with E-state index in [-0.39, 0.29) is 13.2 Å². The van der Waals surface area contributed by atoms with Crippen molar-refractivity contribution < 1.29 is 9.53 Å². The molecule has 1 aromatic carbocycles. The van der Waals surface area contributed by atoms with Gasteiger partial charge in [0, 0.05) is 11.0 Å². The third-order valence-electron chi connectivity index (χ3n) is 4.49. The first-order chi connectivity index (χ1) is 12.5. The number of esters is 1. The van der Waals surface area contributed by atoms with Crippen molar-refractivity contribution in [2.45, 2.75) is 12.5 Å². The Morgan fingerprint density at radius 1 is 1.27 bits per heavy atom. The zero-order valence-electron chi connectivity index (χ0n) is 13.5. The number of nitrogens with zero attached hydrogens (tertiary/aromatic N) is 1. The second-order valence-corrected chi connectivity index (χ2v) is 6.91. The van der Waals surface area contributed by atoms with Crippen LogP contribution in [0.4, 0.5) is 5.82 Å². The van der Waals surface area contributed by atoms with Crippen LogP contribution in [0.2, 0.25) is 0 Å². The average Bonchev–Trinajstić information content (AvgIpc) is 2.98. The van der Waals surface area contributed by atoms with Crippen LogP contribution in [-0.4, -0.2) is 22.1 Å². The molecule has 132 valence electrons. The monoisotopic (exact) mass is 415 g/mol. The lowest BCUT2D eigenvalue weighted by Crippen LogP contribution is -2.38. The van der Waals surface area contributed by atoms with Gasteiger partial charge < -0.3 is 10.1 Å². The fourth-order valence-electron chi connectivity index (χ4n) is 3.38. The Labute approximate surface area is 156 Å². The summed E-state index contributed by atoms with van der Waals surface area (Å²) >= 11 is 3.39. The largest absolute Gasteiger partial charge is 0.456 e. The number of cyclic esters (lactones) is 1. The smallest absolute Gasteiger partial charge is 0.337 e. The number of benzene rings is 1. The van der Waals surface area contributed by atoms with Gasteiger partial charge in [-0.3, -0.25) is 14.3 Å². The highest BCUT2D eigenvalue weighted by molar-refractivity contribution is 9.10. The number of hydrogen-bond acceptors (Lipinski definition) is 5. The van der Waals surface area contributed by atoms with Crippen molar-refractivity contribution in [3.63, 3.8) is 0 Å². The van der Waals surface area contributed by atoms with Gasteiger partial charge in [-0.25, -0.2) is 9.59 Å². The number of halogens is 1. The van der Waals surface area contributed by atoms with Crippen LogP contribution < -0.4 is 16.6 Å². The van der Waals surface area contributed by atoms with Gasteiger partial charge in [-0.05, 0) is 17.7 Å². The van der Waals surface area contributed by atoms with Crippen LogP contribution in [0.25, 0.3) is 0 Å². The van der Waals surface area contributed by atoms with Gasteiger partial charge in [-0.15, -0.1) is 6.58 Å². The minimum atomic E-state index is -0.621. The Kier molecular flexibility index (Phi) is 3.91. The molecule has 1 atom stereocenters. The lowest BCUT2D eigenvalue weighted by molar-refractivity contribution is -0.136. The molecule has 0 saturated heterocycles. The van der Waals surface area contributed by atoms with Crippen LogP contribution in [0.3, 0.4) is 0 Å². The van der Waals surface area contributed by atoms with E-state index in [2.05, 4.69) is 32.8 Å². The van der Waals surface area contributed by atoms with Gasteiger partial charge in [0.2, 0.25) is 0 Å². The fourth-order valence-corrected chi connectivity index (χ4v) is 3.64. The first-order valence-corrected chi connectivity index (χ1v) is 8.71. The number of anilines is 1. The van der Waals surface area contributed by atoms with Crippen molar-refractivity contribution in [3.8, 4) is 0 Å². The van der Waals surface area contributed by atoms with E-state index in [1.54, 1.807) is 6.08 Å². The molecule has 7 nitrogen and oxygen atoms in total. The molecule has 2 aromatic rings. The van der Waals surface area contributed by atoms with Crippen LogP contribution in [0.15, 0.2) is 62.3 Å². The normalized spacial score (nSPS) is 18.0. The van der Waals surface area contributed by atoms with Gasteiger partial charge in [-0.2, -0.15) is 0 Å². The lowest BCUT2D eigenvalue weighted by atomic mass is 9.83. The minimum absolute atomic E-state index is 0.0791. The molecule has 0 radical (unpaired) electrons. The summed E-state index contributed by atoms with van der Waals surface area (Å²) < 4.78 is 7.44. The van der Waals surface area contributed by atoms with E-state index >= 15 is 0 Å². The summed E-state index contributed by atoms with van der Waals surface area (Å²) in [6.45, 7) is 3.96. The van der Waals surface area contributed by atoms with Crippen LogP contribution >= 0.6 is 15.9 Å². The quantitative estimate of drug-likeness (QED) is 0.589. The van der Waals surface area contributed by atoms with E-state index in [0.717, 1.165) is 10.0 Å². The number of nitrogens with one attached hydrogen (secondary N) is 2. The highest BCUT2D eigenvalue weighted by Crippen LogP contribution is 2.42. The van der Waals surface area contributed by atoms with E-state index in [4.69, 9.17) is 4.74 Å². The van der Waals surface area contributed by atoms with Crippen molar-refractivity contribution in [1.82, 2.24) is 9.55 Å². The highest BCUT2D eigenvalue weighted by Gasteiger charge is 2.41. The third-order valence-corrected chi connectivity index (χ3v) is 5.02. The third kappa shape index (κ3) is 2.45. The summed E-state index contributed by atoms with van der Waals surface area (Å²) in [4.78, 5) is 39.6. The van der Waals surface area contributed by atoms with E-state index < -0.39 is 23.1 Å². The zero-order chi connectivity index (χ0) is 18.4. The number of rotatable bonds is 3. The van der Waals surface area contributed by atoms with Gasteiger partial charge in [0.15, 0.2) is 0 Å². The summed E-state index contributed by atoms with van der Waals surface area (Å²) in [7, 11) is 0. The predicted octanol–water partition coefficient (Wildman–Crippen LogP) is 1.85. The maximum absolute atomic E-state index is 12.7. The number of carbonyl (C=O) groups excluding carboxylic acids is 1. The molecule has 3 heterocycles. The minimum Gasteiger partial charge on any atom is -0.456 e. The van der Waals surface area contributed by atoms with Crippen LogP contribution in [0.1, 0.15) is 17.0 Å². The van der Waals surface area contributed by atoms with E-state index in [1.807, 2.05) is 24.3 Å². The highest BCUT2D eigenvalue weighted by atomic mass is 79.9. The standard InChI is InChI=1S/C18H14BrN3O4/c1-2-7-22-15-14(16(23)21-18(22)25)12(9-3-5-10(19)6-4-9)13-11(20-15)8-26-17(13)24/h2-6,12,20H,1,7-8H2,(H,21,23,25). The van der Waals surface area contributed by atoms with Crippen LogP contribution in [0, 0.1) is 0 Å². The fraction of sp³-hybridized carbons (Fsp3) is 0.167. The topological polar surface area (TPSA) is 93.2 Å². The molecular weight excluding hydrogens is 402 g/mol. The molecule has 4 rings (SSSR count). The molecule has 0 aliphatic carbocycles. The molecule has 2 aliphatic rings. The second kappa shape index (κ2) is 6.14. The molecule has 0 bridgehead atoms. The number of H-pyrrole nitrogens is 1. The summed E-state index contributed by atoms with van der Waals surface area (Å²) in [5.41, 5.74) is 0.970. The molecule has 0 saturated carbocycles. The maximum atomic E-state index is 12.7. The van der Waals surface area contributed by atoms with Crippen molar-refractivity contribution in [2.24, 2.45) is 0 Å². The number of hydrogen-bond donors (Lipinski definition) is 2. The molecule has 0 amide bonds. The SMILES string of the molecule is C=CCn1c2c(c(=O)[nH]c1=O)C(c1ccc(Br)cc1)C1=C(COC1=O)N2. The van der Waals surface area contributed by atoms with E-state index in [0.29, 0.717) is 22.7 Å². The van der Waals surface area contributed by atoms with Gasteiger partial charge in [-0.1, -0.05) is 34.1 Å². The first kappa shape index (κ1) is 16.6. The molecular formula is C18H14BrN3O4. The first-order valence-electron chi connectivity index (χ1n) is 7.92. The summed E-state index contributed by atoms with van der Waals surface area (Å²) in [6.07, 6.45) is 1.57. The number of aromatic nitrogens is 2. The van der Waals surface area contributed by atoms with Crippen molar-refractivity contribution >= 4 is 27.7 Å². The predicted molar refractivity (Wildman–Crippen MR) is 99.1 cm³/mol. The van der Waals surface area contributed by atoms with Crippen LogP contribution in [-0.2, 0) is 16.1 Å². The Hall–Kier alpha value is -2.87. The number of aromatic amines is 1. The van der Waals surface area contributed by atoms with Gasteiger partial charge in [0.05, 0.1) is 22.8 Å². The van der Waals surface area contributed by atoms with E-state index in [1.165, 1.54) is 4.57 Å². The molecule has 8 heteroatoms. The Balaban J connectivity index is 2.04. The van der Waals surface area contributed by atoms with Gasteiger partial charge in [0.25, 0.3) is 5.56 Å². The molecule has 0 spiro atoms. The number of ether oxygens (including phenoxy) is 1. The maximum Gasteiger partial charge on any atom is 0.337 e. The second-order valence-electron chi connectivity index (χ2n) is 6.00. The summed E-state index contributed by atoms with van der Waals surface area (Å²) in [5, 5.41) is 3.06. The molecule has 2 aliphatic heterocycles. The molecule has 1 unspecified atom stereocenters. The Bertz CT molecular complexity index is 1080. The molecule has 26 heavy (non-hydrogen) atoms. The van der Waals surface area contributed by atoms with Crippen molar-refractivity contribution in [2.75, 3.05) is 11.9 Å². The Morgan fingerprint density at radius 3 is 2.69 bits per heavy atom. The summed E-state index contributed by atoms with van der Waals surface area (Å²) in [6, 6.07) is 7.35. The van der Waals surface area contributed by atoms with Crippen molar-refractivity contribution in [3.05, 3.63) is 84.6 Å². The number of allylic oxidation sites excluding steroid dienone is 1. The van der Waals surface area contributed by atoms with E-state index in [9.17, 15) is 14.4 Å². The summed E-state index contributed by atoms with van der Waals surface area (Å²) in [5.74, 6) is -0.722. The van der Waals surface area contributed by atoms with Gasteiger partial charge >= 0.3 is 11.7 Å². The van der Waals surface area contributed by atoms with Gasteiger partial charge in [0.1, 0.15) is 12.4 Å².